The van der Waals surface area contributed by atoms with Crippen LogP contribution in [0.25, 0.3) is 0 Å². The lowest BCUT2D eigenvalue weighted by atomic mass is 9.86. The summed E-state index contributed by atoms with van der Waals surface area (Å²) in [4.78, 5) is 0.184. The summed E-state index contributed by atoms with van der Waals surface area (Å²) < 4.78 is 26.4. The molecule has 0 aliphatic rings. The van der Waals surface area contributed by atoms with Crippen LogP contribution < -0.4 is 4.72 Å². The van der Waals surface area contributed by atoms with Crippen LogP contribution in [0.1, 0.15) is 27.7 Å². The van der Waals surface area contributed by atoms with Gasteiger partial charge in [-0.2, -0.15) is 5.10 Å². The van der Waals surface area contributed by atoms with Crippen molar-refractivity contribution in [1.82, 2.24) is 14.9 Å². The molecule has 0 spiro atoms. The first kappa shape index (κ1) is 14.2. The minimum Gasteiger partial charge on any atom is -0.284 e. The number of hydrogen-bond donors (Lipinski definition) is 2. The summed E-state index contributed by atoms with van der Waals surface area (Å²) in [7, 11) is -3.42. The van der Waals surface area contributed by atoms with Gasteiger partial charge in [-0.15, -0.1) is 0 Å². The molecule has 17 heavy (non-hydrogen) atoms. The molecule has 2 N–H and O–H groups in total. The van der Waals surface area contributed by atoms with E-state index in [1.54, 1.807) is 0 Å². The van der Waals surface area contributed by atoms with Crippen LogP contribution in [0.5, 0.6) is 0 Å². The van der Waals surface area contributed by atoms with E-state index in [0.29, 0.717) is 24.3 Å². The molecule has 0 saturated carbocycles. The van der Waals surface area contributed by atoms with Crippen LogP contribution in [-0.2, 0) is 10.0 Å². The molecule has 0 atom stereocenters. The van der Waals surface area contributed by atoms with Crippen molar-refractivity contribution in [3.63, 3.8) is 0 Å². The Morgan fingerprint density at radius 1 is 1.29 bits per heavy atom. The van der Waals surface area contributed by atoms with E-state index in [1.807, 2.05) is 0 Å². The minimum atomic E-state index is -3.42. The van der Waals surface area contributed by atoms with Gasteiger partial charge in [0.05, 0.1) is 6.20 Å². The molecular formula is C11H21N3O2S. The Morgan fingerprint density at radius 3 is 2.29 bits per heavy atom. The van der Waals surface area contributed by atoms with Crippen LogP contribution in [0.2, 0.25) is 0 Å². The van der Waals surface area contributed by atoms with Crippen LogP contribution in [-0.4, -0.2) is 25.2 Å². The molecule has 98 valence electrons. The molecular weight excluding hydrogens is 238 g/mol. The Labute approximate surface area is 103 Å². The van der Waals surface area contributed by atoms with Gasteiger partial charge >= 0.3 is 0 Å². The minimum absolute atomic E-state index is 0.184. The van der Waals surface area contributed by atoms with Crippen LogP contribution >= 0.6 is 0 Å². The molecule has 0 aromatic carbocycles. The topological polar surface area (TPSA) is 74.8 Å². The SMILES string of the molecule is CC(C)C(CNS(=O)(=O)c1cn[nH]c1)C(C)C. The maximum Gasteiger partial charge on any atom is 0.243 e. The fraction of sp³-hybridized carbons (Fsp3) is 0.727. The van der Waals surface area contributed by atoms with Crippen LogP contribution in [0, 0.1) is 17.8 Å². The van der Waals surface area contributed by atoms with Crippen molar-refractivity contribution in [3.8, 4) is 0 Å². The van der Waals surface area contributed by atoms with Crippen molar-refractivity contribution < 1.29 is 8.42 Å². The average Bonchev–Trinajstić information content (AvgIpc) is 2.69. The first-order valence-electron chi connectivity index (χ1n) is 5.83. The summed E-state index contributed by atoms with van der Waals surface area (Å²) in [6, 6.07) is 0. The van der Waals surface area contributed by atoms with Crippen molar-refractivity contribution in [3.05, 3.63) is 12.4 Å². The van der Waals surface area contributed by atoms with Gasteiger partial charge in [-0.1, -0.05) is 27.7 Å². The van der Waals surface area contributed by atoms with Gasteiger partial charge in [-0.25, -0.2) is 13.1 Å². The molecule has 0 saturated heterocycles. The Kier molecular flexibility index (Phi) is 4.70. The quantitative estimate of drug-likeness (QED) is 0.815. The number of aromatic amines is 1. The summed E-state index contributed by atoms with van der Waals surface area (Å²) in [6.45, 7) is 8.89. The zero-order valence-corrected chi connectivity index (χ0v) is 11.6. The first-order valence-corrected chi connectivity index (χ1v) is 7.31. The van der Waals surface area contributed by atoms with E-state index in [1.165, 1.54) is 12.4 Å². The summed E-state index contributed by atoms with van der Waals surface area (Å²) in [5, 5.41) is 6.14. The molecule has 1 aromatic heterocycles. The van der Waals surface area contributed by atoms with Crippen LogP contribution in [0.3, 0.4) is 0 Å². The van der Waals surface area contributed by atoms with Crippen molar-refractivity contribution >= 4 is 10.0 Å². The highest BCUT2D eigenvalue weighted by Crippen LogP contribution is 2.20. The summed E-state index contributed by atoms with van der Waals surface area (Å²) >= 11 is 0. The predicted octanol–water partition coefficient (Wildman–Crippen LogP) is 1.62. The zero-order chi connectivity index (χ0) is 13.1. The van der Waals surface area contributed by atoms with Gasteiger partial charge in [-0.3, -0.25) is 5.10 Å². The maximum atomic E-state index is 11.9. The third-order valence-corrected chi connectivity index (χ3v) is 4.40. The molecule has 1 rings (SSSR count). The Balaban J connectivity index is 2.67. The molecule has 5 nitrogen and oxygen atoms in total. The van der Waals surface area contributed by atoms with E-state index in [9.17, 15) is 8.42 Å². The standard InChI is InChI=1S/C11H21N3O2S/c1-8(2)11(9(3)4)7-14-17(15,16)10-5-12-13-6-10/h5-6,8-9,11,14H,7H2,1-4H3,(H,12,13). The highest BCUT2D eigenvalue weighted by Gasteiger charge is 2.21. The smallest absolute Gasteiger partial charge is 0.243 e. The number of sulfonamides is 1. The molecule has 0 radical (unpaired) electrons. The lowest BCUT2D eigenvalue weighted by molar-refractivity contribution is 0.289. The van der Waals surface area contributed by atoms with Crippen molar-refractivity contribution in [2.75, 3.05) is 6.54 Å². The maximum absolute atomic E-state index is 11.9. The third kappa shape index (κ3) is 3.81. The number of nitrogens with zero attached hydrogens (tertiary/aromatic N) is 1. The van der Waals surface area contributed by atoms with E-state index in [0.717, 1.165) is 0 Å². The van der Waals surface area contributed by atoms with Crippen LogP contribution in [0.4, 0.5) is 0 Å². The molecule has 0 amide bonds. The van der Waals surface area contributed by atoms with E-state index in [-0.39, 0.29) is 4.90 Å². The van der Waals surface area contributed by atoms with Gasteiger partial charge in [0.1, 0.15) is 4.90 Å². The fourth-order valence-corrected chi connectivity index (χ4v) is 2.89. The molecule has 0 fully saturated rings. The second-order valence-corrected chi connectivity index (χ2v) is 6.70. The summed E-state index contributed by atoms with van der Waals surface area (Å²) in [5.74, 6) is 1.22. The Morgan fingerprint density at radius 2 is 1.88 bits per heavy atom. The Bertz CT molecular complexity index is 416. The predicted molar refractivity (Wildman–Crippen MR) is 66.9 cm³/mol. The highest BCUT2D eigenvalue weighted by atomic mass is 32.2. The zero-order valence-electron chi connectivity index (χ0n) is 10.8. The van der Waals surface area contributed by atoms with E-state index < -0.39 is 10.0 Å². The summed E-state index contributed by atoms with van der Waals surface area (Å²) in [6.07, 6.45) is 2.68. The highest BCUT2D eigenvalue weighted by molar-refractivity contribution is 7.89. The molecule has 1 aromatic rings. The van der Waals surface area contributed by atoms with E-state index in [2.05, 4.69) is 42.6 Å². The number of aromatic nitrogens is 2. The van der Waals surface area contributed by atoms with Gasteiger partial charge in [-0.05, 0) is 17.8 Å². The van der Waals surface area contributed by atoms with Crippen molar-refractivity contribution in [1.29, 1.82) is 0 Å². The van der Waals surface area contributed by atoms with Crippen molar-refractivity contribution in [2.24, 2.45) is 17.8 Å². The molecule has 0 aliphatic carbocycles. The molecule has 6 heteroatoms. The summed E-state index contributed by atoms with van der Waals surface area (Å²) in [5.41, 5.74) is 0. The Hall–Kier alpha value is -0.880. The number of rotatable bonds is 6. The lowest BCUT2D eigenvalue weighted by Gasteiger charge is -2.24. The van der Waals surface area contributed by atoms with E-state index >= 15 is 0 Å². The number of nitrogens with one attached hydrogen (secondary N) is 2. The monoisotopic (exact) mass is 259 g/mol. The molecule has 1 heterocycles. The van der Waals surface area contributed by atoms with Crippen LogP contribution in [0.15, 0.2) is 17.3 Å². The average molecular weight is 259 g/mol. The lowest BCUT2D eigenvalue weighted by Crippen LogP contribution is -2.33. The second-order valence-electron chi connectivity index (χ2n) is 4.94. The molecule has 0 bridgehead atoms. The normalized spacial score (nSPS) is 12.9. The van der Waals surface area contributed by atoms with Gasteiger partial charge in [0.15, 0.2) is 0 Å². The third-order valence-electron chi connectivity index (χ3n) is 3.01. The van der Waals surface area contributed by atoms with Crippen molar-refractivity contribution in [2.45, 2.75) is 32.6 Å². The number of hydrogen-bond acceptors (Lipinski definition) is 3. The first-order chi connectivity index (χ1) is 7.84. The number of H-pyrrole nitrogens is 1. The molecule has 0 unspecified atom stereocenters. The largest absolute Gasteiger partial charge is 0.284 e. The fourth-order valence-electron chi connectivity index (χ4n) is 1.92. The molecule has 0 aliphatic heterocycles. The van der Waals surface area contributed by atoms with Gasteiger partial charge < -0.3 is 0 Å². The van der Waals surface area contributed by atoms with Gasteiger partial charge in [0, 0.05) is 12.7 Å². The van der Waals surface area contributed by atoms with E-state index in [4.69, 9.17) is 0 Å². The van der Waals surface area contributed by atoms with Gasteiger partial charge in [0.25, 0.3) is 0 Å². The van der Waals surface area contributed by atoms with Gasteiger partial charge in [0.2, 0.25) is 10.0 Å². The second kappa shape index (κ2) is 5.64.